The van der Waals surface area contributed by atoms with Gasteiger partial charge in [0.2, 0.25) is 0 Å². The van der Waals surface area contributed by atoms with Gasteiger partial charge >= 0.3 is 7.82 Å². The lowest BCUT2D eigenvalue weighted by Crippen LogP contribution is -2.21. The number of hydrogen-bond donors (Lipinski definition) is 1. The molecule has 1 aromatic carbocycles. The molecule has 0 fully saturated rings. The number of carbonyl (C=O) groups is 1. The number of phosphoric ester groups is 1. The minimum Gasteiger partial charge on any atom is -0.494 e. The summed E-state index contributed by atoms with van der Waals surface area (Å²) in [7, 11) is -0.326. The monoisotopic (exact) mass is 583 g/mol. The number of ketones is 1. The topological polar surface area (TPSA) is 85.3 Å². The Kier molecular flexibility index (Phi) is 20.6. The van der Waals surface area contributed by atoms with E-state index in [1.165, 1.54) is 71.1 Å². The minimum atomic E-state index is -4.23. The SMILES string of the molecule is CCCCCCCCCCCCCOc1cccc(CC(COP(=O)(O)OC(CC)CCN(C)C)CC(C)=O)c1. The number of Topliss-reactive ketones (excluding diaryl/α,β-unsaturated/α-hetero) is 1. The van der Waals surface area contributed by atoms with Gasteiger partial charge in [-0.25, -0.2) is 4.57 Å². The fraction of sp³-hybridized carbons (Fsp3) is 0.781. The quantitative estimate of drug-likeness (QED) is 0.0866. The summed E-state index contributed by atoms with van der Waals surface area (Å²) in [6.07, 6.45) is 16.0. The Bertz CT molecular complexity index is 833. The molecule has 232 valence electrons. The second-order valence-electron chi connectivity index (χ2n) is 11.5. The molecule has 7 nitrogen and oxygen atoms in total. The Morgan fingerprint density at radius 2 is 1.60 bits per heavy atom. The molecule has 0 saturated heterocycles. The van der Waals surface area contributed by atoms with Crippen LogP contribution in [0.3, 0.4) is 0 Å². The molecule has 8 heteroatoms. The van der Waals surface area contributed by atoms with Crippen molar-refractivity contribution >= 4 is 13.6 Å². The molecule has 3 atom stereocenters. The first kappa shape index (κ1) is 36.8. The molecule has 1 N–H and O–H groups in total. The van der Waals surface area contributed by atoms with Crippen molar-refractivity contribution in [2.45, 2.75) is 123 Å². The molecular formula is C32H58NO6P. The number of nitrogens with zero attached hydrogens (tertiary/aromatic N) is 1. The van der Waals surface area contributed by atoms with E-state index in [9.17, 15) is 14.3 Å². The number of phosphoric acid groups is 1. The van der Waals surface area contributed by atoms with Gasteiger partial charge < -0.3 is 19.3 Å². The Hall–Kier alpha value is -1.24. The van der Waals surface area contributed by atoms with Crippen molar-refractivity contribution in [2.24, 2.45) is 5.92 Å². The second kappa shape index (κ2) is 22.4. The molecule has 0 aliphatic heterocycles. The van der Waals surface area contributed by atoms with Crippen molar-refractivity contribution in [3.8, 4) is 5.75 Å². The first-order valence-electron chi connectivity index (χ1n) is 15.7. The van der Waals surface area contributed by atoms with Gasteiger partial charge in [0.25, 0.3) is 0 Å². The molecule has 3 unspecified atom stereocenters. The molecule has 1 aromatic rings. The molecular weight excluding hydrogens is 525 g/mol. The van der Waals surface area contributed by atoms with Crippen LogP contribution in [0.5, 0.6) is 5.75 Å². The molecule has 0 aliphatic rings. The van der Waals surface area contributed by atoms with E-state index in [2.05, 4.69) is 6.92 Å². The summed E-state index contributed by atoms with van der Waals surface area (Å²) in [6.45, 7) is 7.13. The Morgan fingerprint density at radius 3 is 2.17 bits per heavy atom. The third-order valence-electron chi connectivity index (χ3n) is 7.12. The van der Waals surface area contributed by atoms with Crippen molar-refractivity contribution < 1.29 is 28.0 Å². The lowest BCUT2D eigenvalue weighted by Gasteiger charge is -2.23. The van der Waals surface area contributed by atoms with Crippen LogP contribution < -0.4 is 4.74 Å². The standard InChI is InChI=1S/C32H58NO6P/c1-6-8-9-10-11-12-13-14-15-16-17-23-37-32-20-18-19-29(26-32)25-30(24-28(3)34)27-38-40(35,36)39-31(7-2)21-22-33(4)5/h18-20,26,30-31H,6-17,21-25,27H2,1-5H3,(H,35,36). The van der Waals surface area contributed by atoms with Gasteiger partial charge in [0, 0.05) is 13.0 Å². The van der Waals surface area contributed by atoms with E-state index >= 15 is 0 Å². The maximum atomic E-state index is 12.6. The van der Waals surface area contributed by atoms with Crippen molar-refractivity contribution in [1.82, 2.24) is 4.90 Å². The summed E-state index contributed by atoms with van der Waals surface area (Å²) in [5.74, 6) is 0.601. The third-order valence-corrected chi connectivity index (χ3v) is 8.16. The summed E-state index contributed by atoms with van der Waals surface area (Å²) in [4.78, 5) is 24.2. The maximum absolute atomic E-state index is 12.6. The zero-order valence-corrected chi connectivity index (χ0v) is 27.0. The number of carbonyl (C=O) groups excluding carboxylic acids is 1. The molecule has 0 radical (unpaired) electrons. The van der Waals surface area contributed by atoms with Gasteiger partial charge in [-0.15, -0.1) is 0 Å². The second-order valence-corrected chi connectivity index (χ2v) is 12.9. The molecule has 0 amide bonds. The smallest absolute Gasteiger partial charge is 0.472 e. The number of unbranched alkanes of at least 4 members (excludes halogenated alkanes) is 10. The predicted molar refractivity (Wildman–Crippen MR) is 165 cm³/mol. The lowest BCUT2D eigenvalue weighted by atomic mass is 9.95. The zero-order chi connectivity index (χ0) is 29.6. The van der Waals surface area contributed by atoms with Crippen LogP contribution in [-0.4, -0.2) is 55.5 Å². The van der Waals surface area contributed by atoms with Crippen LogP contribution in [-0.2, 0) is 24.8 Å². The number of hydrogen-bond acceptors (Lipinski definition) is 6. The van der Waals surface area contributed by atoms with E-state index in [0.717, 1.165) is 24.3 Å². The summed E-state index contributed by atoms with van der Waals surface area (Å²) >= 11 is 0. The molecule has 0 aromatic heterocycles. The number of benzene rings is 1. The lowest BCUT2D eigenvalue weighted by molar-refractivity contribution is -0.118. The summed E-state index contributed by atoms with van der Waals surface area (Å²) in [5.41, 5.74) is 1.01. The molecule has 0 aliphatic carbocycles. The van der Waals surface area contributed by atoms with Crippen LogP contribution in [0.4, 0.5) is 0 Å². The molecule has 0 bridgehead atoms. The van der Waals surface area contributed by atoms with Gasteiger partial charge in [0.05, 0.1) is 19.3 Å². The maximum Gasteiger partial charge on any atom is 0.472 e. The van der Waals surface area contributed by atoms with Crippen LogP contribution in [0.2, 0.25) is 0 Å². The first-order chi connectivity index (χ1) is 19.1. The van der Waals surface area contributed by atoms with Gasteiger partial charge in [-0.1, -0.05) is 90.2 Å². The van der Waals surface area contributed by atoms with Gasteiger partial charge in [0.15, 0.2) is 0 Å². The van der Waals surface area contributed by atoms with E-state index < -0.39 is 7.82 Å². The number of ether oxygens (including phenoxy) is 1. The molecule has 0 saturated carbocycles. The zero-order valence-electron chi connectivity index (χ0n) is 26.1. The minimum absolute atomic E-state index is 0.0172. The Morgan fingerprint density at radius 1 is 0.975 bits per heavy atom. The van der Waals surface area contributed by atoms with Gasteiger partial charge in [0.1, 0.15) is 11.5 Å². The van der Waals surface area contributed by atoms with Crippen LogP contribution >= 0.6 is 7.82 Å². The highest BCUT2D eigenvalue weighted by Gasteiger charge is 2.28. The van der Waals surface area contributed by atoms with E-state index in [-0.39, 0.29) is 30.8 Å². The van der Waals surface area contributed by atoms with E-state index in [4.69, 9.17) is 13.8 Å². The first-order valence-corrected chi connectivity index (χ1v) is 17.2. The van der Waals surface area contributed by atoms with E-state index in [1.54, 1.807) is 0 Å². The number of rotatable bonds is 26. The average molecular weight is 584 g/mol. The predicted octanol–water partition coefficient (Wildman–Crippen LogP) is 8.38. The van der Waals surface area contributed by atoms with E-state index in [0.29, 0.717) is 25.9 Å². The average Bonchev–Trinajstić information content (AvgIpc) is 2.90. The largest absolute Gasteiger partial charge is 0.494 e. The highest BCUT2D eigenvalue weighted by molar-refractivity contribution is 7.47. The normalized spacial score (nSPS) is 14.7. The molecule has 40 heavy (non-hydrogen) atoms. The van der Waals surface area contributed by atoms with Crippen molar-refractivity contribution in [3.63, 3.8) is 0 Å². The highest BCUT2D eigenvalue weighted by Crippen LogP contribution is 2.46. The Labute approximate surface area is 245 Å². The molecule has 0 heterocycles. The summed E-state index contributed by atoms with van der Waals surface area (Å²) in [6, 6.07) is 7.89. The fourth-order valence-electron chi connectivity index (χ4n) is 4.80. The van der Waals surface area contributed by atoms with Gasteiger partial charge in [-0.2, -0.15) is 0 Å². The van der Waals surface area contributed by atoms with E-state index in [1.807, 2.05) is 50.2 Å². The molecule has 0 spiro atoms. The van der Waals surface area contributed by atoms with Crippen LogP contribution in [0, 0.1) is 5.92 Å². The Balaban J connectivity index is 2.44. The van der Waals surface area contributed by atoms with Gasteiger partial charge in [-0.05, 0) is 70.3 Å². The van der Waals surface area contributed by atoms with Crippen LogP contribution in [0.15, 0.2) is 24.3 Å². The van der Waals surface area contributed by atoms with Crippen molar-refractivity contribution in [3.05, 3.63) is 29.8 Å². The van der Waals surface area contributed by atoms with Crippen molar-refractivity contribution in [2.75, 3.05) is 33.9 Å². The fourth-order valence-corrected chi connectivity index (χ4v) is 5.89. The summed E-state index contributed by atoms with van der Waals surface area (Å²) < 4.78 is 29.4. The highest BCUT2D eigenvalue weighted by atomic mass is 31.2. The third kappa shape index (κ3) is 19.8. The van der Waals surface area contributed by atoms with Gasteiger partial charge in [-0.3, -0.25) is 9.05 Å². The van der Waals surface area contributed by atoms with Crippen LogP contribution in [0.1, 0.15) is 116 Å². The molecule has 1 rings (SSSR count). The summed E-state index contributed by atoms with van der Waals surface area (Å²) in [5, 5.41) is 0. The van der Waals surface area contributed by atoms with Crippen LogP contribution in [0.25, 0.3) is 0 Å². The van der Waals surface area contributed by atoms with Crippen molar-refractivity contribution in [1.29, 1.82) is 0 Å².